The molecule has 0 spiro atoms. The van der Waals surface area contributed by atoms with Gasteiger partial charge in [-0.25, -0.2) is 4.79 Å². The van der Waals surface area contributed by atoms with Crippen molar-refractivity contribution in [1.82, 2.24) is 4.90 Å². The monoisotopic (exact) mass is 504 g/mol. The first-order valence-corrected chi connectivity index (χ1v) is 11.7. The topological polar surface area (TPSA) is 116 Å². The number of esters is 1. The van der Waals surface area contributed by atoms with E-state index in [2.05, 4.69) is 0 Å². The lowest BCUT2D eigenvalue weighted by Gasteiger charge is -2.12. The quantitative estimate of drug-likeness (QED) is 0.131. The summed E-state index contributed by atoms with van der Waals surface area (Å²) in [6, 6.07) is 19.1. The van der Waals surface area contributed by atoms with Gasteiger partial charge in [0.2, 0.25) is 0 Å². The molecule has 0 N–H and O–H groups in total. The van der Waals surface area contributed by atoms with Crippen molar-refractivity contribution in [2.75, 3.05) is 6.61 Å². The van der Waals surface area contributed by atoms with Gasteiger partial charge in [-0.1, -0.05) is 36.4 Å². The number of ether oxygens (including phenoxy) is 2. The molecule has 1 fully saturated rings. The van der Waals surface area contributed by atoms with E-state index in [0.29, 0.717) is 29.0 Å². The molecule has 1 saturated heterocycles. The number of benzene rings is 3. The molecule has 182 valence electrons. The minimum Gasteiger partial charge on any atom is -0.490 e. The van der Waals surface area contributed by atoms with Gasteiger partial charge in [0.05, 0.1) is 28.5 Å². The third-order valence-electron chi connectivity index (χ3n) is 5.14. The van der Waals surface area contributed by atoms with E-state index in [1.807, 2.05) is 0 Å². The molecule has 0 atom stereocenters. The Kier molecular flexibility index (Phi) is 7.45. The van der Waals surface area contributed by atoms with Crippen molar-refractivity contribution in [3.63, 3.8) is 0 Å². The van der Waals surface area contributed by atoms with Crippen molar-refractivity contribution in [2.24, 2.45) is 0 Å². The number of nitrogens with zero attached hydrogens (tertiary/aromatic N) is 2. The van der Waals surface area contributed by atoms with Gasteiger partial charge in [-0.05, 0) is 60.2 Å². The summed E-state index contributed by atoms with van der Waals surface area (Å²) in [5.41, 5.74) is 1.49. The zero-order valence-corrected chi connectivity index (χ0v) is 19.9. The van der Waals surface area contributed by atoms with Crippen LogP contribution in [0.2, 0.25) is 0 Å². The number of nitro benzene ring substituents is 1. The normalized spacial score (nSPS) is 14.2. The Morgan fingerprint density at radius 3 is 2.42 bits per heavy atom. The number of imide groups is 1. The summed E-state index contributed by atoms with van der Waals surface area (Å²) >= 11 is 0.799. The van der Waals surface area contributed by atoms with Crippen LogP contribution in [0.5, 0.6) is 11.5 Å². The van der Waals surface area contributed by atoms with Crippen molar-refractivity contribution in [3.05, 3.63) is 105 Å². The molecule has 0 unspecified atom stereocenters. The van der Waals surface area contributed by atoms with Crippen LogP contribution in [0.25, 0.3) is 6.08 Å². The van der Waals surface area contributed by atoms with Crippen LogP contribution >= 0.6 is 11.8 Å². The molecule has 3 aromatic rings. The van der Waals surface area contributed by atoms with Crippen LogP contribution in [-0.2, 0) is 11.3 Å². The molecule has 0 saturated carbocycles. The second-order valence-corrected chi connectivity index (χ2v) is 8.58. The van der Waals surface area contributed by atoms with E-state index in [9.17, 15) is 24.5 Å². The summed E-state index contributed by atoms with van der Waals surface area (Å²) in [5.74, 6) is -0.452. The molecule has 1 aliphatic heterocycles. The molecule has 4 rings (SSSR count). The predicted molar refractivity (Wildman–Crippen MR) is 134 cm³/mol. The van der Waals surface area contributed by atoms with Crippen LogP contribution in [0.4, 0.5) is 10.5 Å². The van der Waals surface area contributed by atoms with Gasteiger partial charge in [0, 0.05) is 12.1 Å². The zero-order valence-electron chi connectivity index (χ0n) is 19.1. The second-order valence-electron chi connectivity index (χ2n) is 7.59. The van der Waals surface area contributed by atoms with Crippen LogP contribution < -0.4 is 9.47 Å². The van der Waals surface area contributed by atoms with Crippen LogP contribution in [0.15, 0.2) is 77.7 Å². The van der Waals surface area contributed by atoms with Crippen LogP contribution in [0, 0.1) is 10.1 Å². The Balaban J connectivity index is 1.51. The van der Waals surface area contributed by atoms with E-state index in [-0.39, 0.29) is 22.9 Å². The Morgan fingerprint density at radius 2 is 1.75 bits per heavy atom. The smallest absolute Gasteiger partial charge is 0.343 e. The minimum atomic E-state index is -0.531. The average molecular weight is 505 g/mol. The molecular formula is C26H20N2O7S. The number of non-ortho nitro benzene ring substituents is 1. The first-order chi connectivity index (χ1) is 17.4. The molecule has 9 nitrogen and oxygen atoms in total. The summed E-state index contributed by atoms with van der Waals surface area (Å²) in [4.78, 5) is 49.4. The average Bonchev–Trinajstić information content (AvgIpc) is 3.13. The summed E-state index contributed by atoms with van der Waals surface area (Å²) in [6.45, 7) is 2.11. The first-order valence-electron chi connectivity index (χ1n) is 10.9. The predicted octanol–water partition coefficient (Wildman–Crippen LogP) is 5.45. The highest BCUT2D eigenvalue weighted by Crippen LogP contribution is 2.35. The van der Waals surface area contributed by atoms with Gasteiger partial charge < -0.3 is 9.47 Å². The number of carbonyl (C=O) groups is 3. The Labute approximate surface area is 210 Å². The number of nitro groups is 1. The SMILES string of the molecule is CCOc1cc(/C=C2\SC(=O)N(Cc3ccc([N+](=O)[O-])cc3)C2=O)ccc1OC(=O)c1ccccc1. The van der Waals surface area contributed by atoms with E-state index in [1.54, 1.807) is 61.5 Å². The van der Waals surface area contributed by atoms with E-state index in [4.69, 9.17) is 9.47 Å². The highest BCUT2D eigenvalue weighted by molar-refractivity contribution is 8.18. The van der Waals surface area contributed by atoms with Crippen molar-refractivity contribution in [1.29, 1.82) is 0 Å². The highest BCUT2D eigenvalue weighted by atomic mass is 32.2. The van der Waals surface area contributed by atoms with E-state index in [0.717, 1.165) is 16.7 Å². The van der Waals surface area contributed by atoms with Gasteiger partial charge in [-0.2, -0.15) is 0 Å². The standard InChI is InChI=1S/C26H20N2O7S/c1-2-34-22-14-18(10-13-21(22)35-25(30)19-6-4-3-5-7-19)15-23-24(29)27(26(31)36-23)16-17-8-11-20(12-9-17)28(32)33/h3-15H,2,16H2,1H3/b23-15-. The summed E-state index contributed by atoms with van der Waals surface area (Å²) in [5, 5.41) is 10.4. The molecule has 0 bridgehead atoms. The van der Waals surface area contributed by atoms with Gasteiger partial charge in [-0.15, -0.1) is 0 Å². The van der Waals surface area contributed by atoms with Crippen LogP contribution in [0.3, 0.4) is 0 Å². The molecule has 10 heteroatoms. The largest absolute Gasteiger partial charge is 0.490 e. The maximum absolute atomic E-state index is 12.9. The van der Waals surface area contributed by atoms with Gasteiger partial charge >= 0.3 is 5.97 Å². The van der Waals surface area contributed by atoms with Gasteiger partial charge in [-0.3, -0.25) is 24.6 Å². The minimum absolute atomic E-state index is 0.00142. The van der Waals surface area contributed by atoms with Gasteiger partial charge in [0.1, 0.15) is 0 Å². The fraction of sp³-hybridized carbons (Fsp3) is 0.115. The molecule has 0 aliphatic carbocycles. The van der Waals surface area contributed by atoms with Crippen LogP contribution in [-0.4, -0.2) is 33.5 Å². The molecule has 3 aromatic carbocycles. The highest BCUT2D eigenvalue weighted by Gasteiger charge is 2.35. The van der Waals surface area contributed by atoms with Crippen LogP contribution in [0.1, 0.15) is 28.4 Å². The summed E-state index contributed by atoms with van der Waals surface area (Å²) < 4.78 is 11.1. The number of hydrogen-bond donors (Lipinski definition) is 0. The van der Waals surface area contributed by atoms with Crippen molar-refractivity contribution >= 4 is 40.6 Å². The molecular weight excluding hydrogens is 484 g/mol. The fourth-order valence-electron chi connectivity index (χ4n) is 3.39. The van der Waals surface area contributed by atoms with Gasteiger partial charge in [0.25, 0.3) is 16.8 Å². The molecule has 1 aliphatic rings. The van der Waals surface area contributed by atoms with Crippen molar-refractivity contribution in [2.45, 2.75) is 13.5 Å². The van der Waals surface area contributed by atoms with E-state index >= 15 is 0 Å². The molecule has 1 heterocycles. The number of rotatable bonds is 8. The Bertz CT molecular complexity index is 1350. The second kappa shape index (κ2) is 10.9. The van der Waals surface area contributed by atoms with Crippen molar-refractivity contribution in [3.8, 4) is 11.5 Å². The number of amides is 2. The fourth-order valence-corrected chi connectivity index (χ4v) is 4.23. The molecule has 0 radical (unpaired) electrons. The lowest BCUT2D eigenvalue weighted by molar-refractivity contribution is -0.384. The Hall–Kier alpha value is -4.44. The zero-order chi connectivity index (χ0) is 25.7. The third kappa shape index (κ3) is 5.61. The maximum atomic E-state index is 12.9. The van der Waals surface area contributed by atoms with E-state index < -0.39 is 22.0 Å². The lowest BCUT2D eigenvalue weighted by atomic mass is 10.1. The van der Waals surface area contributed by atoms with Crippen molar-refractivity contribution < 1.29 is 28.8 Å². The number of carbonyl (C=O) groups excluding carboxylic acids is 3. The first kappa shape index (κ1) is 24.7. The summed E-state index contributed by atoms with van der Waals surface area (Å²) in [6.07, 6.45) is 1.56. The third-order valence-corrected chi connectivity index (χ3v) is 6.05. The van der Waals surface area contributed by atoms with Gasteiger partial charge in [0.15, 0.2) is 11.5 Å². The molecule has 2 amide bonds. The molecule has 0 aromatic heterocycles. The maximum Gasteiger partial charge on any atom is 0.343 e. The number of thioether (sulfide) groups is 1. The number of hydrogen-bond acceptors (Lipinski definition) is 8. The molecule has 36 heavy (non-hydrogen) atoms. The Morgan fingerprint density at radius 1 is 1.03 bits per heavy atom. The lowest BCUT2D eigenvalue weighted by Crippen LogP contribution is -2.27. The summed E-state index contributed by atoms with van der Waals surface area (Å²) in [7, 11) is 0. The van der Waals surface area contributed by atoms with E-state index in [1.165, 1.54) is 24.3 Å².